The quantitative estimate of drug-likeness (QED) is 0.783. The molecule has 0 aliphatic carbocycles. The highest BCUT2D eigenvalue weighted by atomic mass is 32.2. The minimum atomic E-state index is 0.00740. The number of thiophene rings is 1. The topological polar surface area (TPSA) is 26.3 Å². The number of aryl methyl sites for hydroxylation is 1. The Labute approximate surface area is 129 Å². The van der Waals surface area contributed by atoms with Crippen LogP contribution in [0.2, 0.25) is 0 Å². The zero-order chi connectivity index (χ0) is 14.0. The van der Waals surface area contributed by atoms with Crippen LogP contribution in [-0.4, -0.2) is 29.5 Å². The van der Waals surface area contributed by atoms with Crippen molar-refractivity contribution >= 4 is 28.9 Å². The summed E-state index contributed by atoms with van der Waals surface area (Å²) in [6.07, 6.45) is 5.02. The highest BCUT2D eigenvalue weighted by molar-refractivity contribution is 7.99. The Morgan fingerprint density at radius 2 is 2.25 bits per heavy atom. The standard InChI is InChI=1S/C16H22O2S2/c1-2-12-4-8-20-15(12)14(17)13-3-7-18-16(11-13)5-9-19-10-6-16/h4,8,13H,2-3,5-7,9-11H2,1H3. The number of carbonyl (C=O) groups excluding carboxylic acids is 1. The van der Waals surface area contributed by atoms with E-state index in [-0.39, 0.29) is 11.5 Å². The lowest BCUT2D eigenvalue weighted by Crippen LogP contribution is -2.44. The van der Waals surface area contributed by atoms with Crippen LogP contribution in [0.3, 0.4) is 0 Å². The maximum atomic E-state index is 12.8. The summed E-state index contributed by atoms with van der Waals surface area (Å²) in [7, 11) is 0. The molecule has 4 heteroatoms. The average molecular weight is 310 g/mol. The monoisotopic (exact) mass is 310 g/mol. The second-order valence-electron chi connectivity index (χ2n) is 5.83. The van der Waals surface area contributed by atoms with Crippen molar-refractivity contribution < 1.29 is 9.53 Å². The molecule has 0 radical (unpaired) electrons. The summed E-state index contributed by atoms with van der Waals surface area (Å²) in [5.74, 6) is 2.91. The van der Waals surface area contributed by atoms with Gasteiger partial charge in [-0.15, -0.1) is 11.3 Å². The van der Waals surface area contributed by atoms with E-state index in [4.69, 9.17) is 4.74 Å². The van der Waals surface area contributed by atoms with Crippen molar-refractivity contribution in [3.63, 3.8) is 0 Å². The molecule has 3 heterocycles. The van der Waals surface area contributed by atoms with Gasteiger partial charge >= 0.3 is 0 Å². The molecule has 1 unspecified atom stereocenters. The molecular weight excluding hydrogens is 288 g/mol. The molecule has 20 heavy (non-hydrogen) atoms. The number of ether oxygens (including phenoxy) is 1. The molecule has 2 nitrogen and oxygen atoms in total. The Balaban J connectivity index is 1.75. The summed E-state index contributed by atoms with van der Waals surface area (Å²) in [5.41, 5.74) is 1.23. The second kappa shape index (κ2) is 6.20. The summed E-state index contributed by atoms with van der Waals surface area (Å²) in [5, 5.41) is 2.05. The third-order valence-electron chi connectivity index (χ3n) is 4.62. The summed E-state index contributed by atoms with van der Waals surface area (Å²) >= 11 is 3.63. The van der Waals surface area contributed by atoms with Gasteiger partial charge in [0.25, 0.3) is 0 Å². The van der Waals surface area contributed by atoms with Crippen LogP contribution in [-0.2, 0) is 11.2 Å². The van der Waals surface area contributed by atoms with Crippen LogP contribution in [0.15, 0.2) is 11.4 Å². The molecule has 0 amide bonds. The fraction of sp³-hybridized carbons (Fsp3) is 0.688. The number of hydrogen-bond acceptors (Lipinski definition) is 4. The van der Waals surface area contributed by atoms with Crippen LogP contribution in [0, 0.1) is 5.92 Å². The summed E-state index contributed by atoms with van der Waals surface area (Å²) in [6.45, 7) is 2.89. The van der Waals surface area contributed by atoms with Crippen LogP contribution >= 0.6 is 23.1 Å². The molecule has 0 aromatic carbocycles. The number of carbonyl (C=O) groups is 1. The first-order valence-corrected chi connectivity index (χ1v) is 9.60. The lowest BCUT2D eigenvalue weighted by Gasteiger charge is -2.42. The molecule has 0 saturated carbocycles. The van der Waals surface area contributed by atoms with Crippen LogP contribution in [0.5, 0.6) is 0 Å². The number of ketones is 1. The molecule has 2 fully saturated rings. The Bertz CT molecular complexity index is 469. The molecule has 3 rings (SSSR count). The Hall–Kier alpha value is -0.320. The smallest absolute Gasteiger partial charge is 0.176 e. The molecule has 2 aliphatic rings. The van der Waals surface area contributed by atoms with Gasteiger partial charge in [0.1, 0.15) is 0 Å². The van der Waals surface area contributed by atoms with E-state index >= 15 is 0 Å². The van der Waals surface area contributed by atoms with Gasteiger partial charge < -0.3 is 4.74 Å². The molecule has 0 bridgehead atoms. The van der Waals surface area contributed by atoms with E-state index in [0.717, 1.165) is 43.6 Å². The average Bonchev–Trinajstić information content (AvgIpc) is 2.96. The molecular formula is C16H22O2S2. The molecule has 2 saturated heterocycles. The molecule has 2 aliphatic heterocycles. The van der Waals surface area contributed by atoms with Gasteiger partial charge in [-0.25, -0.2) is 0 Å². The van der Waals surface area contributed by atoms with Crippen LogP contribution in [0.1, 0.15) is 47.8 Å². The molecule has 1 aromatic rings. The van der Waals surface area contributed by atoms with Crippen LogP contribution in [0.25, 0.3) is 0 Å². The predicted molar refractivity (Wildman–Crippen MR) is 86.0 cm³/mol. The number of Topliss-reactive ketones (excluding diaryl/α,β-unsaturated/α-hetero) is 1. The van der Waals surface area contributed by atoms with Crippen molar-refractivity contribution in [2.45, 2.75) is 44.6 Å². The third-order valence-corrected chi connectivity index (χ3v) is 6.58. The fourth-order valence-corrected chi connectivity index (χ4v) is 5.61. The third kappa shape index (κ3) is 2.83. The first-order chi connectivity index (χ1) is 9.74. The summed E-state index contributed by atoms with van der Waals surface area (Å²) < 4.78 is 6.10. The fourth-order valence-electron chi connectivity index (χ4n) is 3.36. The number of rotatable bonds is 3. The molecule has 1 atom stereocenters. The molecule has 0 N–H and O–H groups in total. The Morgan fingerprint density at radius 3 is 3.00 bits per heavy atom. The van der Waals surface area contributed by atoms with E-state index in [9.17, 15) is 4.79 Å². The van der Waals surface area contributed by atoms with Crippen molar-refractivity contribution in [3.8, 4) is 0 Å². The summed E-state index contributed by atoms with van der Waals surface area (Å²) in [4.78, 5) is 13.8. The van der Waals surface area contributed by atoms with Crippen molar-refractivity contribution in [2.75, 3.05) is 18.1 Å². The van der Waals surface area contributed by atoms with Crippen molar-refractivity contribution in [1.82, 2.24) is 0 Å². The lowest BCUT2D eigenvalue weighted by molar-refractivity contribution is -0.0959. The van der Waals surface area contributed by atoms with Crippen LogP contribution in [0.4, 0.5) is 0 Å². The van der Waals surface area contributed by atoms with E-state index in [2.05, 4.69) is 18.4 Å². The van der Waals surface area contributed by atoms with Gasteiger partial charge in [0, 0.05) is 12.5 Å². The first kappa shape index (κ1) is 14.6. The van der Waals surface area contributed by atoms with E-state index in [1.807, 2.05) is 11.8 Å². The van der Waals surface area contributed by atoms with E-state index in [0.29, 0.717) is 5.78 Å². The summed E-state index contributed by atoms with van der Waals surface area (Å²) in [6, 6.07) is 2.10. The van der Waals surface area contributed by atoms with E-state index in [1.54, 1.807) is 11.3 Å². The zero-order valence-corrected chi connectivity index (χ0v) is 13.7. The molecule has 1 spiro atoms. The van der Waals surface area contributed by atoms with Gasteiger partial charge in [-0.2, -0.15) is 11.8 Å². The van der Waals surface area contributed by atoms with Gasteiger partial charge in [0.2, 0.25) is 0 Å². The largest absolute Gasteiger partial charge is 0.375 e. The molecule has 110 valence electrons. The maximum absolute atomic E-state index is 12.8. The van der Waals surface area contributed by atoms with Gasteiger partial charge in [0.15, 0.2) is 5.78 Å². The maximum Gasteiger partial charge on any atom is 0.176 e. The number of thioether (sulfide) groups is 1. The van der Waals surface area contributed by atoms with E-state index in [1.165, 1.54) is 17.1 Å². The van der Waals surface area contributed by atoms with Gasteiger partial charge in [-0.05, 0) is 60.6 Å². The highest BCUT2D eigenvalue weighted by Gasteiger charge is 2.41. The Kier molecular flexibility index (Phi) is 4.53. The van der Waals surface area contributed by atoms with Gasteiger partial charge in [-0.3, -0.25) is 4.79 Å². The zero-order valence-electron chi connectivity index (χ0n) is 12.0. The van der Waals surface area contributed by atoms with Crippen LogP contribution < -0.4 is 0 Å². The normalized spacial score (nSPS) is 25.8. The van der Waals surface area contributed by atoms with Crippen molar-refractivity contribution in [2.24, 2.45) is 5.92 Å². The number of hydrogen-bond donors (Lipinski definition) is 0. The van der Waals surface area contributed by atoms with Gasteiger partial charge in [-0.1, -0.05) is 6.92 Å². The minimum Gasteiger partial charge on any atom is -0.375 e. The Morgan fingerprint density at radius 1 is 1.45 bits per heavy atom. The minimum absolute atomic E-state index is 0.00740. The van der Waals surface area contributed by atoms with Gasteiger partial charge in [0.05, 0.1) is 10.5 Å². The lowest BCUT2D eigenvalue weighted by atomic mass is 9.79. The predicted octanol–water partition coefficient (Wildman–Crippen LogP) is 4.19. The highest BCUT2D eigenvalue weighted by Crippen LogP contribution is 2.41. The first-order valence-electron chi connectivity index (χ1n) is 7.56. The SMILES string of the molecule is CCc1ccsc1C(=O)C1CCOC2(CCSCC2)C1. The van der Waals surface area contributed by atoms with Crippen molar-refractivity contribution in [3.05, 3.63) is 21.9 Å². The second-order valence-corrected chi connectivity index (χ2v) is 7.97. The van der Waals surface area contributed by atoms with Crippen molar-refractivity contribution in [1.29, 1.82) is 0 Å². The van der Waals surface area contributed by atoms with E-state index < -0.39 is 0 Å². The molecule has 1 aromatic heterocycles.